The van der Waals surface area contributed by atoms with E-state index in [2.05, 4.69) is 21.2 Å². The summed E-state index contributed by atoms with van der Waals surface area (Å²) in [5, 5.41) is 12.3. The maximum absolute atomic E-state index is 11.3. The van der Waals surface area contributed by atoms with Crippen molar-refractivity contribution >= 4 is 21.9 Å². The van der Waals surface area contributed by atoms with Gasteiger partial charge in [0.1, 0.15) is 11.8 Å². The third-order valence-corrected chi connectivity index (χ3v) is 3.11. The van der Waals surface area contributed by atoms with E-state index in [-0.39, 0.29) is 0 Å². The van der Waals surface area contributed by atoms with Gasteiger partial charge in [0.15, 0.2) is 0 Å². The van der Waals surface area contributed by atoms with E-state index in [9.17, 15) is 9.90 Å². The van der Waals surface area contributed by atoms with Crippen molar-refractivity contribution in [2.24, 2.45) is 5.92 Å². The number of carbonyl (C=O) groups is 1. The molecule has 100 valence electrons. The van der Waals surface area contributed by atoms with E-state index >= 15 is 0 Å². The first-order valence-electron chi connectivity index (χ1n) is 5.75. The molecule has 0 spiro atoms. The van der Waals surface area contributed by atoms with Crippen molar-refractivity contribution < 1.29 is 14.6 Å². The minimum atomic E-state index is -0.882. The van der Waals surface area contributed by atoms with E-state index in [4.69, 9.17) is 4.74 Å². The van der Waals surface area contributed by atoms with E-state index < -0.39 is 12.0 Å². The molecule has 0 amide bonds. The van der Waals surface area contributed by atoms with Crippen LogP contribution in [0.3, 0.4) is 0 Å². The second-order valence-corrected chi connectivity index (χ2v) is 5.32. The van der Waals surface area contributed by atoms with Crippen LogP contribution in [0.15, 0.2) is 22.7 Å². The lowest BCUT2D eigenvalue weighted by Crippen LogP contribution is -2.31. The molecule has 0 heterocycles. The standard InChI is InChI=1S/C13H18BrNO3/c1-8(2)7-15-12(13(16)17)9-4-5-11(18-3)10(14)6-9/h4-6,8,12,15H,7H2,1-3H3,(H,16,17). The first-order chi connectivity index (χ1) is 8.45. The van der Waals surface area contributed by atoms with Crippen LogP contribution in [0, 0.1) is 5.92 Å². The first-order valence-corrected chi connectivity index (χ1v) is 6.54. The molecule has 0 saturated heterocycles. The maximum atomic E-state index is 11.3. The molecule has 1 atom stereocenters. The Labute approximate surface area is 115 Å². The zero-order chi connectivity index (χ0) is 13.7. The average molecular weight is 316 g/mol. The van der Waals surface area contributed by atoms with Crippen molar-refractivity contribution in [3.05, 3.63) is 28.2 Å². The number of benzene rings is 1. The average Bonchev–Trinajstić information content (AvgIpc) is 2.28. The zero-order valence-corrected chi connectivity index (χ0v) is 12.3. The highest BCUT2D eigenvalue weighted by Crippen LogP contribution is 2.28. The summed E-state index contributed by atoms with van der Waals surface area (Å²) in [6, 6.07) is 4.59. The quantitative estimate of drug-likeness (QED) is 0.847. The Hall–Kier alpha value is -1.07. The van der Waals surface area contributed by atoms with Gasteiger partial charge in [-0.15, -0.1) is 0 Å². The summed E-state index contributed by atoms with van der Waals surface area (Å²) >= 11 is 3.36. The highest BCUT2D eigenvalue weighted by Gasteiger charge is 2.20. The number of halogens is 1. The smallest absolute Gasteiger partial charge is 0.325 e. The lowest BCUT2D eigenvalue weighted by Gasteiger charge is -2.17. The fourth-order valence-corrected chi connectivity index (χ4v) is 2.12. The molecule has 0 fully saturated rings. The number of carboxylic acid groups (broad SMARTS) is 1. The van der Waals surface area contributed by atoms with Gasteiger partial charge in [-0.3, -0.25) is 4.79 Å². The third kappa shape index (κ3) is 3.99. The van der Waals surface area contributed by atoms with Crippen LogP contribution in [-0.4, -0.2) is 24.7 Å². The Morgan fingerprint density at radius 2 is 2.17 bits per heavy atom. The predicted octanol–water partition coefficient (Wildman–Crippen LogP) is 2.83. The van der Waals surface area contributed by atoms with Gasteiger partial charge in [0.2, 0.25) is 0 Å². The fourth-order valence-electron chi connectivity index (χ4n) is 1.56. The van der Waals surface area contributed by atoms with E-state index in [0.29, 0.717) is 23.8 Å². The van der Waals surface area contributed by atoms with Crippen molar-refractivity contribution in [3.63, 3.8) is 0 Å². The van der Waals surface area contributed by atoms with Gasteiger partial charge in [0, 0.05) is 0 Å². The van der Waals surface area contributed by atoms with Gasteiger partial charge >= 0.3 is 5.97 Å². The molecule has 0 aliphatic rings. The fraction of sp³-hybridized carbons (Fsp3) is 0.462. The van der Waals surface area contributed by atoms with E-state index in [0.717, 1.165) is 4.47 Å². The molecule has 5 heteroatoms. The maximum Gasteiger partial charge on any atom is 0.325 e. The number of hydrogen-bond donors (Lipinski definition) is 2. The van der Waals surface area contributed by atoms with Crippen LogP contribution >= 0.6 is 15.9 Å². The van der Waals surface area contributed by atoms with Crippen LogP contribution < -0.4 is 10.1 Å². The molecule has 18 heavy (non-hydrogen) atoms. The molecule has 0 aromatic heterocycles. The van der Waals surface area contributed by atoms with Gasteiger partial charge < -0.3 is 15.2 Å². The van der Waals surface area contributed by atoms with Crippen LogP contribution in [0.2, 0.25) is 0 Å². The topological polar surface area (TPSA) is 58.6 Å². The van der Waals surface area contributed by atoms with Gasteiger partial charge in [0.05, 0.1) is 11.6 Å². The monoisotopic (exact) mass is 315 g/mol. The molecular weight excluding hydrogens is 298 g/mol. The molecule has 0 aliphatic carbocycles. The number of aliphatic carboxylic acids is 1. The summed E-state index contributed by atoms with van der Waals surface area (Å²) in [6.07, 6.45) is 0. The SMILES string of the molecule is COc1ccc(C(NCC(C)C)C(=O)O)cc1Br. The van der Waals surface area contributed by atoms with Crippen LogP contribution in [0.5, 0.6) is 5.75 Å². The summed E-state index contributed by atoms with van der Waals surface area (Å²) in [5.41, 5.74) is 0.704. The third-order valence-electron chi connectivity index (χ3n) is 2.49. The highest BCUT2D eigenvalue weighted by atomic mass is 79.9. The molecule has 0 aliphatic heterocycles. The number of methoxy groups -OCH3 is 1. The summed E-state index contributed by atoms with van der Waals surface area (Å²) in [4.78, 5) is 11.3. The highest BCUT2D eigenvalue weighted by molar-refractivity contribution is 9.10. The molecule has 0 radical (unpaired) electrons. The lowest BCUT2D eigenvalue weighted by atomic mass is 10.1. The number of nitrogens with one attached hydrogen (secondary N) is 1. The minimum absolute atomic E-state index is 0.397. The molecule has 1 aromatic rings. The summed E-state index contributed by atoms with van der Waals surface area (Å²) in [5.74, 6) is 0.202. The largest absolute Gasteiger partial charge is 0.496 e. The predicted molar refractivity (Wildman–Crippen MR) is 73.9 cm³/mol. The molecule has 1 rings (SSSR count). The van der Waals surface area contributed by atoms with Gasteiger partial charge in [-0.1, -0.05) is 19.9 Å². The van der Waals surface area contributed by atoms with Crippen molar-refractivity contribution in [2.45, 2.75) is 19.9 Å². The molecule has 0 bridgehead atoms. The van der Waals surface area contributed by atoms with Crippen LogP contribution in [0.1, 0.15) is 25.5 Å². The van der Waals surface area contributed by atoms with Crippen LogP contribution in [0.4, 0.5) is 0 Å². The normalized spacial score (nSPS) is 12.5. The Morgan fingerprint density at radius 1 is 1.50 bits per heavy atom. The van der Waals surface area contributed by atoms with Crippen molar-refractivity contribution in [3.8, 4) is 5.75 Å². The van der Waals surface area contributed by atoms with E-state index in [1.54, 1.807) is 25.3 Å². The Bertz CT molecular complexity index is 421. The summed E-state index contributed by atoms with van der Waals surface area (Å²) < 4.78 is 5.87. The second-order valence-electron chi connectivity index (χ2n) is 4.47. The number of rotatable bonds is 6. The van der Waals surface area contributed by atoms with Crippen molar-refractivity contribution in [1.29, 1.82) is 0 Å². The molecule has 0 saturated carbocycles. The Kier molecular flexibility index (Phi) is 5.62. The number of carboxylic acids is 1. The van der Waals surface area contributed by atoms with Gasteiger partial charge in [-0.05, 0) is 46.1 Å². The second kappa shape index (κ2) is 6.75. The number of hydrogen-bond acceptors (Lipinski definition) is 3. The van der Waals surface area contributed by atoms with Crippen molar-refractivity contribution in [2.75, 3.05) is 13.7 Å². The van der Waals surface area contributed by atoms with Gasteiger partial charge in [0.25, 0.3) is 0 Å². The molecule has 1 aromatic carbocycles. The Morgan fingerprint density at radius 3 is 2.61 bits per heavy atom. The molecule has 1 unspecified atom stereocenters. The molecular formula is C13H18BrNO3. The lowest BCUT2D eigenvalue weighted by molar-refractivity contribution is -0.139. The summed E-state index contributed by atoms with van der Waals surface area (Å²) in [7, 11) is 1.57. The van der Waals surface area contributed by atoms with E-state index in [1.807, 2.05) is 13.8 Å². The Balaban J connectivity index is 2.92. The zero-order valence-electron chi connectivity index (χ0n) is 10.7. The molecule has 2 N–H and O–H groups in total. The van der Waals surface area contributed by atoms with Gasteiger partial charge in [-0.25, -0.2) is 0 Å². The van der Waals surface area contributed by atoms with Crippen molar-refractivity contribution in [1.82, 2.24) is 5.32 Å². The van der Waals surface area contributed by atoms with Gasteiger partial charge in [-0.2, -0.15) is 0 Å². The van der Waals surface area contributed by atoms with E-state index in [1.165, 1.54) is 0 Å². The minimum Gasteiger partial charge on any atom is -0.496 e. The van der Waals surface area contributed by atoms with Crippen LogP contribution in [0.25, 0.3) is 0 Å². The first kappa shape index (κ1) is 15.0. The summed E-state index contributed by atoms with van der Waals surface area (Å²) in [6.45, 7) is 4.73. The molecule has 4 nitrogen and oxygen atoms in total. The van der Waals surface area contributed by atoms with Crippen LogP contribution in [-0.2, 0) is 4.79 Å². The number of ether oxygens (including phenoxy) is 1.